The molecule has 1 unspecified atom stereocenters. The van der Waals surface area contributed by atoms with Crippen molar-refractivity contribution in [2.75, 3.05) is 16.7 Å². The van der Waals surface area contributed by atoms with E-state index in [0.29, 0.717) is 23.0 Å². The summed E-state index contributed by atoms with van der Waals surface area (Å²) in [4.78, 5) is 16.5. The molecule has 34 heavy (non-hydrogen) atoms. The number of benzene rings is 2. The topological polar surface area (TPSA) is 140 Å². The Hall–Kier alpha value is -3.31. The zero-order chi connectivity index (χ0) is 25.1. The number of alkyl halides is 1. The first-order valence-corrected chi connectivity index (χ1v) is 12.1. The van der Waals surface area contributed by atoms with E-state index in [1.807, 2.05) is 13.8 Å². The molecule has 0 spiro atoms. The fourth-order valence-corrected chi connectivity index (χ4v) is 3.84. The Kier molecular flexibility index (Phi) is 7.37. The van der Waals surface area contributed by atoms with Crippen molar-refractivity contribution in [2.45, 2.75) is 38.6 Å². The van der Waals surface area contributed by atoms with Crippen LogP contribution >= 0.6 is 0 Å². The standard InChI is InChI=1S/C23H28FN5O4S/c1-14(2)19(25)21-27-20(28-33-21)15-8-10-18(11-9-15)34(31,32)29-17-7-5-6-16(12-17)26-22(30)23(3,4)13-24/h5-12,14,19,29H,13,25H2,1-4H3,(H,26,30). The van der Waals surface area contributed by atoms with Crippen LogP contribution in [-0.4, -0.2) is 31.1 Å². The summed E-state index contributed by atoms with van der Waals surface area (Å²) in [6.45, 7) is 6.02. The van der Waals surface area contributed by atoms with Crippen molar-refractivity contribution in [2.24, 2.45) is 17.1 Å². The summed E-state index contributed by atoms with van der Waals surface area (Å²) in [6.07, 6.45) is 0. The smallest absolute Gasteiger partial charge is 0.261 e. The second kappa shape index (κ2) is 9.90. The molecule has 0 aliphatic carbocycles. The second-order valence-corrected chi connectivity index (χ2v) is 10.6. The fourth-order valence-electron chi connectivity index (χ4n) is 2.79. The van der Waals surface area contributed by atoms with E-state index in [4.69, 9.17) is 10.3 Å². The van der Waals surface area contributed by atoms with E-state index in [-0.39, 0.29) is 16.5 Å². The lowest BCUT2D eigenvalue weighted by atomic mass is 9.94. The molecule has 11 heteroatoms. The van der Waals surface area contributed by atoms with Gasteiger partial charge < -0.3 is 15.6 Å². The molecule has 9 nitrogen and oxygen atoms in total. The molecule has 2 aromatic carbocycles. The highest BCUT2D eigenvalue weighted by Gasteiger charge is 2.27. The molecule has 1 heterocycles. The Labute approximate surface area is 198 Å². The van der Waals surface area contributed by atoms with Gasteiger partial charge >= 0.3 is 0 Å². The van der Waals surface area contributed by atoms with Crippen LogP contribution in [0.5, 0.6) is 0 Å². The zero-order valence-electron chi connectivity index (χ0n) is 19.4. The van der Waals surface area contributed by atoms with E-state index in [1.165, 1.54) is 32.0 Å². The number of nitrogens with zero attached hydrogens (tertiary/aromatic N) is 2. The van der Waals surface area contributed by atoms with Gasteiger partial charge in [0.2, 0.25) is 17.6 Å². The van der Waals surface area contributed by atoms with E-state index in [9.17, 15) is 17.6 Å². The summed E-state index contributed by atoms with van der Waals surface area (Å²) in [5.74, 6) is 0.228. The molecular formula is C23H28FN5O4S. The van der Waals surface area contributed by atoms with E-state index >= 15 is 0 Å². The summed E-state index contributed by atoms with van der Waals surface area (Å²) < 4.78 is 46.4. The average Bonchev–Trinajstić information content (AvgIpc) is 3.28. The largest absolute Gasteiger partial charge is 0.337 e. The van der Waals surface area contributed by atoms with Gasteiger partial charge in [0.25, 0.3) is 10.0 Å². The molecule has 0 aliphatic rings. The molecule has 4 N–H and O–H groups in total. The highest BCUT2D eigenvalue weighted by atomic mass is 32.2. The van der Waals surface area contributed by atoms with Gasteiger partial charge in [0.15, 0.2) is 0 Å². The summed E-state index contributed by atoms with van der Waals surface area (Å²) in [6, 6.07) is 11.8. The minimum Gasteiger partial charge on any atom is -0.337 e. The van der Waals surface area contributed by atoms with Crippen LogP contribution in [0.3, 0.4) is 0 Å². The molecular weight excluding hydrogens is 461 g/mol. The van der Waals surface area contributed by atoms with Crippen molar-refractivity contribution >= 4 is 27.3 Å². The molecule has 0 radical (unpaired) electrons. The molecule has 0 aliphatic heterocycles. The first kappa shape index (κ1) is 25.3. The van der Waals surface area contributed by atoms with Gasteiger partial charge in [-0.2, -0.15) is 4.98 Å². The minimum absolute atomic E-state index is 0.0202. The van der Waals surface area contributed by atoms with Crippen LogP contribution in [0.1, 0.15) is 39.6 Å². The third-order valence-electron chi connectivity index (χ3n) is 5.19. The lowest BCUT2D eigenvalue weighted by Crippen LogP contribution is -2.32. The Morgan fingerprint density at radius 2 is 1.79 bits per heavy atom. The molecule has 1 amide bonds. The number of aromatic nitrogens is 2. The van der Waals surface area contributed by atoms with Crippen LogP contribution in [0.25, 0.3) is 11.4 Å². The predicted molar refractivity (Wildman–Crippen MR) is 127 cm³/mol. The molecule has 0 fully saturated rings. The van der Waals surface area contributed by atoms with Crippen LogP contribution in [0, 0.1) is 11.3 Å². The lowest BCUT2D eigenvalue weighted by Gasteiger charge is -2.19. The number of hydrogen-bond acceptors (Lipinski definition) is 7. The molecule has 182 valence electrons. The number of nitrogens with two attached hydrogens (primary N) is 1. The lowest BCUT2D eigenvalue weighted by molar-refractivity contribution is -0.124. The maximum absolute atomic E-state index is 13.0. The van der Waals surface area contributed by atoms with Crippen LogP contribution in [-0.2, 0) is 14.8 Å². The van der Waals surface area contributed by atoms with Crippen molar-refractivity contribution in [3.05, 3.63) is 54.4 Å². The normalized spacial score (nSPS) is 13.0. The summed E-state index contributed by atoms with van der Waals surface area (Å²) in [7, 11) is -3.92. The van der Waals surface area contributed by atoms with Crippen molar-refractivity contribution in [1.29, 1.82) is 0 Å². The van der Waals surface area contributed by atoms with Gasteiger partial charge in [-0.3, -0.25) is 9.52 Å². The molecule has 1 aromatic heterocycles. The molecule has 0 saturated carbocycles. The number of rotatable bonds is 9. The molecule has 3 aromatic rings. The number of hydrogen-bond donors (Lipinski definition) is 3. The Morgan fingerprint density at radius 3 is 2.41 bits per heavy atom. The SMILES string of the molecule is CC(C)C(N)c1nc(-c2ccc(S(=O)(=O)Nc3cccc(NC(=O)C(C)(C)CF)c3)cc2)no1. The van der Waals surface area contributed by atoms with Gasteiger partial charge in [-0.15, -0.1) is 0 Å². The molecule has 3 rings (SSSR count). The van der Waals surface area contributed by atoms with E-state index in [1.54, 1.807) is 30.3 Å². The van der Waals surface area contributed by atoms with Gasteiger partial charge in [0.05, 0.1) is 22.0 Å². The summed E-state index contributed by atoms with van der Waals surface area (Å²) >= 11 is 0. The quantitative estimate of drug-likeness (QED) is 0.410. The Balaban J connectivity index is 1.74. The summed E-state index contributed by atoms with van der Waals surface area (Å²) in [5.41, 5.74) is 5.99. The third-order valence-corrected chi connectivity index (χ3v) is 6.59. The highest BCUT2D eigenvalue weighted by molar-refractivity contribution is 7.92. The first-order valence-electron chi connectivity index (χ1n) is 10.6. The number of halogens is 1. The predicted octanol–water partition coefficient (Wildman–Crippen LogP) is 4.13. The number of amides is 1. The van der Waals surface area contributed by atoms with E-state index in [0.717, 1.165) is 0 Å². The second-order valence-electron chi connectivity index (χ2n) is 8.91. The van der Waals surface area contributed by atoms with Crippen LogP contribution in [0.4, 0.5) is 15.8 Å². The van der Waals surface area contributed by atoms with Crippen molar-refractivity contribution in [3.8, 4) is 11.4 Å². The zero-order valence-corrected chi connectivity index (χ0v) is 20.2. The van der Waals surface area contributed by atoms with Gasteiger partial charge in [-0.05, 0) is 62.2 Å². The van der Waals surface area contributed by atoms with E-state index in [2.05, 4.69) is 20.2 Å². The Bertz CT molecular complexity index is 1260. The van der Waals surface area contributed by atoms with Crippen molar-refractivity contribution < 1.29 is 22.1 Å². The number of nitrogens with one attached hydrogen (secondary N) is 2. The van der Waals surface area contributed by atoms with Crippen LogP contribution in [0.2, 0.25) is 0 Å². The van der Waals surface area contributed by atoms with E-state index < -0.39 is 34.1 Å². The summed E-state index contributed by atoms with van der Waals surface area (Å²) in [5, 5.41) is 6.51. The molecule has 0 saturated heterocycles. The highest BCUT2D eigenvalue weighted by Crippen LogP contribution is 2.25. The van der Waals surface area contributed by atoms with Gasteiger partial charge in [0.1, 0.15) is 6.67 Å². The third kappa shape index (κ3) is 5.78. The number of carbonyl (C=O) groups excluding carboxylic acids is 1. The fraction of sp³-hybridized carbons (Fsp3) is 0.348. The monoisotopic (exact) mass is 489 g/mol. The maximum Gasteiger partial charge on any atom is 0.261 e. The minimum atomic E-state index is -3.92. The first-order chi connectivity index (χ1) is 15.9. The van der Waals surface area contributed by atoms with Crippen molar-refractivity contribution in [1.82, 2.24) is 10.1 Å². The number of sulfonamides is 1. The van der Waals surface area contributed by atoms with Crippen molar-refractivity contribution in [3.63, 3.8) is 0 Å². The molecule has 1 atom stereocenters. The average molecular weight is 490 g/mol. The van der Waals surface area contributed by atoms with Crippen LogP contribution in [0.15, 0.2) is 57.9 Å². The maximum atomic E-state index is 13.0. The number of carbonyl (C=O) groups is 1. The van der Waals surface area contributed by atoms with Gasteiger partial charge in [-0.25, -0.2) is 12.8 Å². The van der Waals surface area contributed by atoms with Gasteiger partial charge in [0, 0.05) is 11.3 Å². The molecule has 0 bridgehead atoms. The number of anilines is 2. The van der Waals surface area contributed by atoms with Crippen LogP contribution < -0.4 is 15.8 Å². The Morgan fingerprint density at radius 1 is 1.15 bits per heavy atom. The van der Waals surface area contributed by atoms with Gasteiger partial charge in [-0.1, -0.05) is 25.1 Å².